The summed E-state index contributed by atoms with van der Waals surface area (Å²) in [6, 6.07) is 6.13. The van der Waals surface area contributed by atoms with Gasteiger partial charge in [0.1, 0.15) is 5.15 Å². The van der Waals surface area contributed by atoms with Crippen LogP contribution in [0.25, 0.3) is 10.9 Å². The van der Waals surface area contributed by atoms with E-state index in [1.54, 1.807) is 12.1 Å². The van der Waals surface area contributed by atoms with Crippen molar-refractivity contribution < 1.29 is 4.92 Å². The number of rotatable bonds is 2. The maximum Gasteiger partial charge on any atom is 0.270 e. The highest BCUT2D eigenvalue weighted by atomic mass is 35.5. The fourth-order valence-electron chi connectivity index (χ4n) is 1.39. The second-order valence-electron chi connectivity index (χ2n) is 3.21. The average Bonchev–Trinajstić information content (AvgIpc) is 2.27. The first-order valence-corrected chi connectivity index (χ1v) is 5.32. The van der Waals surface area contributed by atoms with Crippen molar-refractivity contribution in [2.24, 2.45) is 0 Å². The summed E-state index contributed by atoms with van der Waals surface area (Å²) in [6.45, 7) is 0. The lowest BCUT2D eigenvalue weighted by Crippen LogP contribution is -1.90. The van der Waals surface area contributed by atoms with Crippen LogP contribution in [0.2, 0.25) is 5.15 Å². The van der Waals surface area contributed by atoms with Gasteiger partial charge in [-0.2, -0.15) is 0 Å². The minimum atomic E-state index is -0.450. The van der Waals surface area contributed by atoms with Crippen LogP contribution in [0.1, 0.15) is 5.56 Å². The number of fused-ring (bicyclic) bond motifs is 1. The summed E-state index contributed by atoms with van der Waals surface area (Å²) in [4.78, 5) is 14.3. The molecule has 0 aliphatic rings. The lowest BCUT2D eigenvalue weighted by atomic mass is 10.1. The fraction of sp³-hybridized carbons (Fsp3) is 0.100. The molecule has 0 bridgehead atoms. The standard InChI is InChI=1S/C10H6Cl2N2O2/c11-5-7-3-6-4-8(14(15)16)1-2-9(6)13-10(7)12/h1-4H,5H2. The van der Waals surface area contributed by atoms with Gasteiger partial charge in [-0.3, -0.25) is 10.1 Å². The van der Waals surface area contributed by atoms with Crippen molar-refractivity contribution >= 4 is 39.8 Å². The molecule has 4 nitrogen and oxygen atoms in total. The summed E-state index contributed by atoms with van der Waals surface area (Å²) in [6.07, 6.45) is 0. The van der Waals surface area contributed by atoms with Crippen molar-refractivity contribution in [3.05, 3.63) is 45.1 Å². The van der Waals surface area contributed by atoms with E-state index in [2.05, 4.69) is 4.98 Å². The van der Waals surface area contributed by atoms with E-state index in [0.29, 0.717) is 21.6 Å². The Morgan fingerprint density at radius 1 is 1.38 bits per heavy atom. The Morgan fingerprint density at radius 2 is 2.12 bits per heavy atom. The van der Waals surface area contributed by atoms with Gasteiger partial charge in [0.05, 0.1) is 16.3 Å². The van der Waals surface area contributed by atoms with E-state index in [-0.39, 0.29) is 11.6 Å². The van der Waals surface area contributed by atoms with Crippen LogP contribution >= 0.6 is 23.2 Å². The first-order chi connectivity index (χ1) is 7.61. The van der Waals surface area contributed by atoms with Crippen LogP contribution in [0.15, 0.2) is 24.3 Å². The molecule has 82 valence electrons. The van der Waals surface area contributed by atoms with Gasteiger partial charge in [0.2, 0.25) is 0 Å². The van der Waals surface area contributed by atoms with Crippen molar-refractivity contribution in [1.29, 1.82) is 0 Å². The molecule has 1 aromatic heterocycles. The van der Waals surface area contributed by atoms with Gasteiger partial charge in [0, 0.05) is 23.1 Å². The number of benzene rings is 1. The molecule has 16 heavy (non-hydrogen) atoms. The number of hydrogen-bond acceptors (Lipinski definition) is 3. The molecule has 0 fully saturated rings. The first kappa shape index (κ1) is 11.1. The molecule has 2 aromatic rings. The van der Waals surface area contributed by atoms with E-state index >= 15 is 0 Å². The summed E-state index contributed by atoms with van der Waals surface area (Å²) >= 11 is 11.6. The van der Waals surface area contributed by atoms with Gasteiger partial charge in [0.25, 0.3) is 5.69 Å². The van der Waals surface area contributed by atoms with Crippen LogP contribution in [-0.4, -0.2) is 9.91 Å². The van der Waals surface area contributed by atoms with Crippen molar-refractivity contribution in [2.45, 2.75) is 5.88 Å². The predicted octanol–water partition coefficient (Wildman–Crippen LogP) is 3.54. The van der Waals surface area contributed by atoms with Gasteiger partial charge in [-0.05, 0) is 12.1 Å². The van der Waals surface area contributed by atoms with Crippen LogP contribution in [0.3, 0.4) is 0 Å². The third-order valence-corrected chi connectivity index (χ3v) is 2.79. The maximum absolute atomic E-state index is 10.6. The molecular formula is C10H6Cl2N2O2. The Labute approximate surface area is 101 Å². The summed E-state index contributed by atoms with van der Waals surface area (Å²) in [7, 11) is 0. The van der Waals surface area contributed by atoms with Crippen LogP contribution < -0.4 is 0 Å². The highest BCUT2D eigenvalue weighted by Crippen LogP contribution is 2.25. The summed E-state index contributed by atoms with van der Waals surface area (Å²) in [5, 5.41) is 11.6. The zero-order valence-electron chi connectivity index (χ0n) is 7.98. The lowest BCUT2D eigenvalue weighted by molar-refractivity contribution is -0.384. The molecule has 0 amide bonds. The van der Waals surface area contributed by atoms with Crippen molar-refractivity contribution in [3.8, 4) is 0 Å². The fourth-order valence-corrected chi connectivity index (χ4v) is 1.88. The predicted molar refractivity (Wildman–Crippen MR) is 63.0 cm³/mol. The summed E-state index contributed by atoms with van der Waals surface area (Å²) in [5.41, 5.74) is 1.30. The normalized spacial score (nSPS) is 10.6. The molecule has 1 aromatic carbocycles. The SMILES string of the molecule is O=[N+]([O-])c1ccc2nc(Cl)c(CCl)cc2c1. The first-order valence-electron chi connectivity index (χ1n) is 4.41. The number of aromatic nitrogens is 1. The number of hydrogen-bond donors (Lipinski definition) is 0. The average molecular weight is 257 g/mol. The number of non-ortho nitro benzene ring substituents is 1. The van der Waals surface area contributed by atoms with Gasteiger partial charge in [-0.15, -0.1) is 11.6 Å². The third kappa shape index (κ3) is 1.94. The van der Waals surface area contributed by atoms with Gasteiger partial charge in [-0.25, -0.2) is 4.98 Å². The van der Waals surface area contributed by atoms with E-state index in [9.17, 15) is 10.1 Å². The molecule has 2 rings (SSSR count). The number of nitrogens with zero attached hydrogens (tertiary/aromatic N) is 2. The second-order valence-corrected chi connectivity index (χ2v) is 3.83. The minimum absolute atomic E-state index is 0.0251. The number of nitro groups is 1. The molecule has 0 spiro atoms. The quantitative estimate of drug-likeness (QED) is 0.358. The Kier molecular flexibility index (Phi) is 2.94. The monoisotopic (exact) mass is 256 g/mol. The van der Waals surface area contributed by atoms with E-state index in [0.717, 1.165) is 0 Å². The van der Waals surface area contributed by atoms with Gasteiger partial charge in [0.15, 0.2) is 0 Å². The molecule has 0 unspecified atom stereocenters. The van der Waals surface area contributed by atoms with Crippen molar-refractivity contribution in [2.75, 3.05) is 0 Å². The smallest absolute Gasteiger partial charge is 0.258 e. The molecule has 0 aliphatic carbocycles. The lowest BCUT2D eigenvalue weighted by Gasteiger charge is -2.02. The van der Waals surface area contributed by atoms with Crippen molar-refractivity contribution in [1.82, 2.24) is 4.98 Å². The van der Waals surface area contributed by atoms with E-state index in [1.807, 2.05) is 0 Å². The molecule has 0 saturated heterocycles. The Bertz CT molecular complexity index is 572. The highest BCUT2D eigenvalue weighted by molar-refractivity contribution is 6.31. The molecular weight excluding hydrogens is 251 g/mol. The molecule has 1 heterocycles. The van der Waals surface area contributed by atoms with E-state index in [4.69, 9.17) is 23.2 Å². The molecule has 6 heteroatoms. The highest BCUT2D eigenvalue weighted by Gasteiger charge is 2.09. The number of pyridine rings is 1. The van der Waals surface area contributed by atoms with E-state index in [1.165, 1.54) is 12.1 Å². The van der Waals surface area contributed by atoms with E-state index < -0.39 is 4.92 Å². The third-order valence-electron chi connectivity index (χ3n) is 2.18. The molecule has 0 aliphatic heterocycles. The number of halogens is 2. The Morgan fingerprint density at radius 3 is 2.75 bits per heavy atom. The zero-order valence-corrected chi connectivity index (χ0v) is 9.50. The summed E-state index contributed by atoms with van der Waals surface area (Å²) < 4.78 is 0. The summed E-state index contributed by atoms with van der Waals surface area (Å²) in [5.74, 6) is 0.227. The number of alkyl halides is 1. The van der Waals surface area contributed by atoms with Crippen LogP contribution in [0.4, 0.5) is 5.69 Å². The van der Waals surface area contributed by atoms with Gasteiger partial charge in [-0.1, -0.05) is 11.6 Å². The number of nitro benzene ring substituents is 1. The van der Waals surface area contributed by atoms with Gasteiger partial charge < -0.3 is 0 Å². The second kappa shape index (κ2) is 4.23. The largest absolute Gasteiger partial charge is 0.270 e. The Balaban J connectivity index is 2.68. The molecule has 0 saturated carbocycles. The molecule has 0 radical (unpaired) electrons. The van der Waals surface area contributed by atoms with Crippen LogP contribution in [0, 0.1) is 10.1 Å². The Hall–Kier alpha value is -1.39. The minimum Gasteiger partial charge on any atom is -0.258 e. The molecule has 0 atom stereocenters. The van der Waals surface area contributed by atoms with Gasteiger partial charge >= 0.3 is 0 Å². The topological polar surface area (TPSA) is 56.0 Å². The van der Waals surface area contributed by atoms with Crippen LogP contribution in [0.5, 0.6) is 0 Å². The molecule has 0 N–H and O–H groups in total. The zero-order chi connectivity index (χ0) is 11.7. The maximum atomic E-state index is 10.6. The van der Waals surface area contributed by atoms with Crippen molar-refractivity contribution in [3.63, 3.8) is 0 Å². The van der Waals surface area contributed by atoms with Crippen LogP contribution in [-0.2, 0) is 5.88 Å².